The molecule has 0 bridgehead atoms. The van der Waals surface area contributed by atoms with E-state index in [0.29, 0.717) is 0 Å². The SMILES string of the molecule is COc1cc(O)c2c(c1)O[C@H](c1cccc(O)c1O)[C@H](O)C2=O. The van der Waals surface area contributed by atoms with Crippen molar-refractivity contribution in [1.29, 1.82) is 0 Å². The van der Waals surface area contributed by atoms with Crippen LogP contribution in [0, 0.1) is 0 Å². The second-order valence-electron chi connectivity index (χ2n) is 5.08. The number of hydrogen-bond acceptors (Lipinski definition) is 7. The molecule has 0 saturated heterocycles. The molecule has 7 nitrogen and oxygen atoms in total. The molecule has 0 aromatic heterocycles. The van der Waals surface area contributed by atoms with E-state index < -0.39 is 29.5 Å². The maximum atomic E-state index is 12.3. The second-order valence-corrected chi connectivity index (χ2v) is 5.08. The molecule has 0 radical (unpaired) electrons. The number of aliphatic hydroxyl groups is 1. The zero-order valence-corrected chi connectivity index (χ0v) is 12.1. The number of carbonyl (C=O) groups is 1. The molecule has 1 heterocycles. The number of benzene rings is 2. The molecule has 0 amide bonds. The van der Waals surface area contributed by atoms with Crippen molar-refractivity contribution in [2.24, 2.45) is 0 Å². The molecule has 4 N–H and O–H groups in total. The number of aliphatic hydroxyl groups excluding tert-OH is 1. The van der Waals surface area contributed by atoms with E-state index in [0.717, 1.165) is 0 Å². The van der Waals surface area contributed by atoms with Gasteiger partial charge in [0.25, 0.3) is 0 Å². The Kier molecular flexibility index (Phi) is 3.49. The summed E-state index contributed by atoms with van der Waals surface area (Å²) in [6, 6.07) is 6.76. The molecule has 0 fully saturated rings. The zero-order valence-electron chi connectivity index (χ0n) is 12.1. The summed E-state index contributed by atoms with van der Waals surface area (Å²) < 4.78 is 10.6. The van der Waals surface area contributed by atoms with E-state index in [2.05, 4.69) is 0 Å². The lowest BCUT2D eigenvalue weighted by molar-refractivity contribution is 0.0202. The number of hydrogen-bond donors (Lipinski definition) is 4. The maximum Gasteiger partial charge on any atom is 0.202 e. The molecule has 7 heteroatoms. The lowest BCUT2D eigenvalue weighted by atomic mass is 9.92. The first-order valence-corrected chi connectivity index (χ1v) is 6.74. The fourth-order valence-corrected chi connectivity index (χ4v) is 2.53. The summed E-state index contributed by atoms with van der Waals surface area (Å²) in [6.07, 6.45) is -2.87. The Morgan fingerprint density at radius 2 is 1.87 bits per heavy atom. The fourth-order valence-electron chi connectivity index (χ4n) is 2.53. The minimum absolute atomic E-state index is 0.0184. The minimum atomic E-state index is -1.64. The number of rotatable bonds is 2. The van der Waals surface area contributed by atoms with Crippen LogP contribution in [-0.2, 0) is 0 Å². The Hall–Kier alpha value is -2.93. The first kappa shape index (κ1) is 15.0. The van der Waals surface area contributed by atoms with Crippen molar-refractivity contribution in [2.45, 2.75) is 12.2 Å². The molecule has 1 aliphatic heterocycles. The monoisotopic (exact) mass is 318 g/mol. The molecule has 120 valence electrons. The van der Waals surface area contributed by atoms with E-state index >= 15 is 0 Å². The summed E-state index contributed by atoms with van der Waals surface area (Å²) in [5, 5.41) is 39.6. The van der Waals surface area contributed by atoms with Crippen LogP contribution in [0.1, 0.15) is 22.0 Å². The number of fused-ring (bicyclic) bond motifs is 1. The van der Waals surface area contributed by atoms with E-state index in [1.807, 2.05) is 0 Å². The first-order chi connectivity index (χ1) is 10.9. The summed E-state index contributed by atoms with van der Waals surface area (Å²) >= 11 is 0. The van der Waals surface area contributed by atoms with Crippen molar-refractivity contribution in [1.82, 2.24) is 0 Å². The third kappa shape index (κ3) is 2.31. The number of carbonyl (C=O) groups excluding carboxylic acids is 1. The van der Waals surface area contributed by atoms with Crippen LogP contribution >= 0.6 is 0 Å². The molecule has 0 spiro atoms. The quantitative estimate of drug-likeness (QED) is 0.620. The third-order valence-electron chi connectivity index (χ3n) is 3.70. The van der Waals surface area contributed by atoms with Gasteiger partial charge in [-0.25, -0.2) is 0 Å². The number of ketones is 1. The van der Waals surface area contributed by atoms with Crippen molar-refractivity contribution in [3.05, 3.63) is 41.5 Å². The van der Waals surface area contributed by atoms with Crippen LogP contribution in [0.3, 0.4) is 0 Å². The molecule has 3 rings (SSSR count). The Bertz CT molecular complexity index is 784. The molecular weight excluding hydrogens is 304 g/mol. The van der Waals surface area contributed by atoms with Gasteiger partial charge in [0, 0.05) is 17.7 Å². The molecule has 2 aromatic carbocycles. The summed E-state index contributed by atoms with van der Waals surface area (Å²) in [5.41, 5.74) is -0.104. The van der Waals surface area contributed by atoms with Crippen LogP contribution in [0.4, 0.5) is 0 Å². The van der Waals surface area contributed by atoms with Gasteiger partial charge >= 0.3 is 0 Å². The van der Waals surface area contributed by atoms with E-state index in [1.54, 1.807) is 0 Å². The fraction of sp³-hybridized carbons (Fsp3) is 0.188. The maximum absolute atomic E-state index is 12.3. The molecule has 0 unspecified atom stereocenters. The second kappa shape index (κ2) is 5.36. The van der Waals surface area contributed by atoms with Gasteiger partial charge < -0.3 is 29.9 Å². The number of ether oxygens (including phenoxy) is 2. The van der Waals surface area contributed by atoms with Crippen LogP contribution in [0.2, 0.25) is 0 Å². The number of methoxy groups -OCH3 is 1. The van der Waals surface area contributed by atoms with Crippen molar-refractivity contribution in [3.8, 4) is 28.7 Å². The van der Waals surface area contributed by atoms with Gasteiger partial charge in [-0.15, -0.1) is 0 Å². The van der Waals surface area contributed by atoms with Crippen molar-refractivity contribution >= 4 is 5.78 Å². The predicted octanol–water partition coefficient (Wildman–Crippen LogP) is 1.49. The summed E-state index contributed by atoms with van der Waals surface area (Å²) in [6.45, 7) is 0. The number of para-hydroxylation sites is 1. The van der Waals surface area contributed by atoms with Crippen LogP contribution in [0.25, 0.3) is 0 Å². The van der Waals surface area contributed by atoms with Gasteiger partial charge in [0.2, 0.25) is 5.78 Å². The predicted molar refractivity (Wildman–Crippen MR) is 78.1 cm³/mol. The molecule has 23 heavy (non-hydrogen) atoms. The summed E-state index contributed by atoms with van der Waals surface area (Å²) in [7, 11) is 1.39. The standard InChI is InChI=1S/C16H14O7/c1-22-7-5-10(18)12-11(6-7)23-16(15(21)14(12)20)8-3-2-4-9(17)13(8)19/h2-6,15-19,21H,1H3/t15-,16-/m1/s1. The summed E-state index contributed by atoms with van der Waals surface area (Å²) in [5.74, 6) is -1.72. The lowest BCUT2D eigenvalue weighted by Crippen LogP contribution is -2.36. The Morgan fingerprint density at radius 3 is 2.57 bits per heavy atom. The number of phenolic OH excluding ortho intramolecular Hbond substituents is 3. The largest absolute Gasteiger partial charge is 0.507 e. The Labute approximate surface area is 131 Å². The van der Waals surface area contributed by atoms with Gasteiger partial charge in [-0.05, 0) is 6.07 Å². The van der Waals surface area contributed by atoms with Gasteiger partial charge in [0.05, 0.1) is 7.11 Å². The molecule has 1 aliphatic rings. The highest BCUT2D eigenvalue weighted by atomic mass is 16.5. The minimum Gasteiger partial charge on any atom is -0.507 e. The van der Waals surface area contributed by atoms with Gasteiger partial charge in [-0.1, -0.05) is 12.1 Å². The van der Waals surface area contributed by atoms with E-state index in [9.17, 15) is 25.2 Å². The average molecular weight is 318 g/mol. The molecule has 2 atom stereocenters. The molecule has 0 saturated carbocycles. The average Bonchev–Trinajstić information content (AvgIpc) is 2.53. The van der Waals surface area contributed by atoms with Crippen LogP contribution in [0.5, 0.6) is 28.7 Å². The van der Waals surface area contributed by atoms with Crippen LogP contribution in [0.15, 0.2) is 30.3 Å². The highest BCUT2D eigenvalue weighted by Crippen LogP contribution is 2.44. The highest BCUT2D eigenvalue weighted by molar-refractivity contribution is 6.05. The lowest BCUT2D eigenvalue weighted by Gasteiger charge is -2.30. The van der Waals surface area contributed by atoms with Crippen LogP contribution in [-0.4, -0.2) is 39.4 Å². The topological polar surface area (TPSA) is 116 Å². The van der Waals surface area contributed by atoms with E-state index in [4.69, 9.17) is 9.47 Å². The van der Waals surface area contributed by atoms with E-state index in [-0.39, 0.29) is 28.4 Å². The van der Waals surface area contributed by atoms with Crippen molar-refractivity contribution in [3.63, 3.8) is 0 Å². The van der Waals surface area contributed by atoms with Gasteiger partial charge in [-0.3, -0.25) is 4.79 Å². The Balaban J connectivity index is 2.12. The van der Waals surface area contributed by atoms with Crippen LogP contribution < -0.4 is 9.47 Å². The number of aromatic hydroxyl groups is 3. The van der Waals surface area contributed by atoms with Crippen molar-refractivity contribution in [2.75, 3.05) is 7.11 Å². The van der Waals surface area contributed by atoms with Crippen molar-refractivity contribution < 1.29 is 34.7 Å². The molecule has 2 aromatic rings. The number of Topliss-reactive ketones (excluding diaryl/α,β-unsaturated/α-hetero) is 1. The van der Waals surface area contributed by atoms with E-state index in [1.165, 1.54) is 37.4 Å². The zero-order chi connectivity index (χ0) is 16.7. The summed E-state index contributed by atoms with van der Waals surface area (Å²) in [4.78, 5) is 12.3. The van der Waals surface area contributed by atoms with Gasteiger partial charge in [0.1, 0.15) is 22.8 Å². The molecule has 0 aliphatic carbocycles. The van der Waals surface area contributed by atoms with Gasteiger partial charge in [-0.2, -0.15) is 0 Å². The number of phenols is 3. The smallest absolute Gasteiger partial charge is 0.202 e. The third-order valence-corrected chi connectivity index (χ3v) is 3.70. The van der Waals surface area contributed by atoms with Gasteiger partial charge in [0.15, 0.2) is 23.7 Å². The Morgan fingerprint density at radius 1 is 1.13 bits per heavy atom. The first-order valence-electron chi connectivity index (χ1n) is 6.74. The normalized spacial score (nSPS) is 19.8. The molecular formula is C16H14O7. The highest BCUT2D eigenvalue weighted by Gasteiger charge is 2.40.